The quantitative estimate of drug-likeness (QED) is 0.765. The second kappa shape index (κ2) is 5.47. The lowest BCUT2D eigenvalue weighted by Gasteiger charge is -2.20. The van der Waals surface area contributed by atoms with Crippen molar-refractivity contribution in [3.8, 4) is 0 Å². The number of benzene rings is 1. The van der Waals surface area contributed by atoms with Gasteiger partial charge in [-0.1, -0.05) is 17.7 Å². The van der Waals surface area contributed by atoms with Crippen LogP contribution in [0.5, 0.6) is 0 Å². The van der Waals surface area contributed by atoms with Crippen molar-refractivity contribution in [2.45, 2.75) is 26.3 Å². The van der Waals surface area contributed by atoms with Gasteiger partial charge in [0.2, 0.25) is 0 Å². The molecule has 0 bridgehead atoms. The number of likely N-dealkylation sites (N-methyl/N-ethyl adjacent to an activating group) is 1. The van der Waals surface area contributed by atoms with E-state index in [1.165, 1.54) is 6.07 Å². The minimum atomic E-state index is -0.349. The van der Waals surface area contributed by atoms with Crippen molar-refractivity contribution in [1.82, 2.24) is 4.90 Å². The van der Waals surface area contributed by atoms with E-state index in [1.54, 1.807) is 12.1 Å². The van der Waals surface area contributed by atoms with E-state index in [-0.39, 0.29) is 10.8 Å². The summed E-state index contributed by atoms with van der Waals surface area (Å²) >= 11 is 5.70. The number of hydrogen-bond acceptors (Lipinski definition) is 1. The van der Waals surface area contributed by atoms with Crippen LogP contribution in [0.25, 0.3) is 0 Å². The van der Waals surface area contributed by atoms with E-state index in [4.69, 9.17) is 11.6 Å². The molecule has 0 unspecified atom stereocenters. The lowest BCUT2D eigenvalue weighted by Crippen LogP contribution is -2.28. The minimum Gasteiger partial charge on any atom is -0.304 e. The Morgan fingerprint density at radius 1 is 1.40 bits per heavy atom. The summed E-state index contributed by atoms with van der Waals surface area (Å²) in [5, 5.41) is 0.208. The van der Waals surface area contributed by atoms with Crippen molar-refractivity contribution in [2.24, 2.45) is 0 Å². The zero-order valence-electron chi connectivity index (χ0n) is 9.43. The highest BCUT2D eigenvalue weighted by molar-refractivity contribution is 6.30. The largest absolute Gasteiger partial charge is 0.304 e. The van der Waals surface area contributed by atoms with Crippen LogP contribution in [0.3, 0.4) is 0 Å². The predicted molar refractivity (Wildman–Crippen MR) is 62.9 cm³/mol. The molecule has 0 heterocycles. The molecule has 0 saturated heterocycles. The number of hydrogen-bond donors (Lipinski definition) is 0. The van der Waals surface area contributed by atoms with E-state index in [1.807, 2.05) is 0 Å². The van der Waals surface area contributed by atoms with Gasteiger partial charge in [-0.25, -0.2) is 4.39 Å². The average molecular weight is 230 g/mol. The van der Waals surface area contributed by atoms with Gasteiger partial charge in [0.05, 0.1) is 5.02 Å². The minimum absolute atomic E-state index is 0.208. The highest BCUT2D eigenvalue weighted by atomic mass is 35.5. The normalized spacial score (nSPS) is 11.4. The van der Waals surface area contributed by atoms with Crippen LogP contribution < -0.4 is 0 Å². The maximum atomic E-state index is 12.9. The van der Waals surface area contributed by atoms with Gasteiger partial charge in [0.15, 0.2) is 0 Å². The van der Waals surface area contributed by atoms with Crippen molar-refractivity contribution in [2.75, 3.05) is 13.6 Å². The van der Waals surface area contributed by atoms with Gasteiger partial charge < -0.3 is 4.90 Å². The molecule has 0 aliphatic carbocycles. The van der Waals surface area contributed by atoms with Crippen molar-refractivity contribution in [1.29, 1.82) is 0 Å². The maximum absolute atomic E-state index is 12.9. The summed E-state index contributed by atoms with van der Waals surface area (Å²) in [6.45, 7) is 5.26. The van der Waals surface area contributed by atoms with Crippen LogP contribution in [0.2, 0.25) is 5.02 Å². The Morgan fingerprint density at radius 3 is 2.60 bits per heavy atom. The Hall–Kier alpha value is -0.600. The van der Waals surface area contributed by atoms with Gasteiger partial charge >= 0.3 is 0 Å². The SMILES string of the molecule is CC(C)N(C)CCc1ccc(F)c(Cl)c1. The summed E-state index contributed by atoms with van der Waals surface area (Å²) in [4.78, 5) is 2.25. The molecule has 0 N–H and O–H groups in total. The van der Waals surface area contributed by atoms with Crippen molar-refractivity contribution < 1.29 is 4.39 Å². The van der Waals surface area contributed by atoms with Gasteiger partial charge in [0, 0.05) is 12.6 Å². The van der Waals surface area contributed by atoms with Crippen molar-refractivity contribution in [3.05, 3.63) is 34.6 Å². The molecule has 3 heteroatoms. The van der Waals surface area contributed by atoms with Gasteiger partial charge in [-0.3, -0.25) is 0 Å². The summed E-state index contributed by atoms with van der Waals surface area (Å²) in [6.07, 6.45) is 0.898. The number of nitrogens with zero attached hydrogens (tertiary/aromatic N) is 1. The molecule has 0 aliphatic heterocycles. The summed E-state index contributed by atoms with van der Waals surface area (Å²) in [5.74, 6) is -0.349. The molecule has 84 valence electrons. The fourth-order valence-corrected chi connectivity index (χ4v) is 1.46. The highest BCUT2D eigenvalue weighted by Gasteiger charge is 2.05. The molecule has 1 rings (SSSR count). The first kappa shape index (κ1) is 12.5. The van der Waals surface area contributed by atoms with E-state index in [0.717, 1.165) is 18.5 Å². The van der Waals surface area contributed by atoms with E-state index in [2.05, 4.69) is 25.8 Å². The van der Waals surface area contributed by atoms with Crippen LogP contribution in [0.4, 0.5) is 4.39 Å². The Kier molecular flexibility index (Phi) is 4.55. The van der Waals surface area contributed by atoms with E-state index in [0.29, 0.717) is 6.04 Å². The van der Waals surface area contributed by atoms with E-state index < -0.39 is 0 Å². The fourth-order valence-electron chi connectivity index (χ4n) is 1.26. The topological polar surface area (TPSA) is 3.24 Å². The molecule has 0 amide bonds. The van der Waals surface area contributed by atoms with Gasteiger partial charge in [0.1, 0.15) is 5.82 Å². The second-order valence-electron chi connectivity index (χ2n) is 4.07. The molecule has 0 aliphatic rings. The molecule has 0 spiro atoms. The van der Waals surface area contributed by atoms with Crippen LogP contribution >= 0.6 is 11.6 Å². The Bertz CT molecular complexity index is 325. The molecular weight excluding hydrogens is 213 g/mol. The first-order chi connectivity index (χ1) is 7.00. The van der Waals surface area contributed by atoms with E-state index in [9.17, 15) is 4.39 Å². The monoisotopic (exact) mass is 229 g/mol. The van der Waals surface area contributed by atoms with Crippen molar-refractivity contribution in [3.63, 3.8) is 0 Å². The first-order valence-corrected chi connectivity index (χ1v) is 5.52. The third-order valence-electron chi connectivity index (χ3n) is 2.62. The molecule has 1 aromatic carbocycles. The number of rotatable bonds is 4. The van der Waals surface area contributed by atoms with Crippen LogP contribution in [-0.2, 0) is 6.42 Å². The third-order valence-corrected chi connectivity index (χ3v) is 2.91. The zero-order chi connectivity index (χ0) is 11.4. The van der Waals surface area contributed by atoms with Crippen LogP contribution in [0.1, 0.15) is 19.4 Å². The summed E-state index contributed by atoms with van der Waals surface area (Å²) in [7, 11) is 2.08. The Balaban J connectivity index is 2.55. The molecular formula is C12H17ClFN. The summed E-state index contributed by atoms with van der Waals surface area (Å²) in [6, 6.07) is 5.44. The molecule has 0 aromatic heterocycles. The lowest BCUT2D eigenvalue weighted by molar-refractivity contribution is 0.277. The maximum Gasteiger partial charge on any atom is 0.141 e. The van der Waals surface area contributed by atoms with Gasteiger partial charge in [-0.15, -0.1) is 0 Å². The standard InChI is InChI=1S/C12H17ClFN/c1-9(2)15(3)7-6-10-4-5-12(14)11(13)8-10/h4-5,8-9H,6-7H2,1-3H3. The van der Waals surface area contributed by atoms with Crippen LogP contribution in [0.15, 0.2) is 18.2 Å². The molecule has 15 heavy (non-hydrogen) atoms. The third kappa shape index (κ3) is 3.80. The molecule has 0 saturated carbocycles. The highest BCUT2D eigenvalue weighted by Crippen LogP contribution is 2.16. The lowest BCUT2D eigenvalue weighted by atomic mass is 10.1. The molecule has 1 nitrogen and oxygen atoms in total. The predicted octanol–water partition coefficient (Wildman–Crippen LogP) is 3.36. The average Bonchev–Trinajstić information content (AvgIpc) is 2.19. The summed E-state index contributed by atoms with van der Waals surface area (Å²) in [5.41, 5.74) is 1.08. The van der Waals surface area contributed by atoms with Crippen LogP contribution in [-0.4, -0.2) is 24.5 Å². The van der Waals surface area contributed by atoms with Crippen LogP contribution in [0, 0.1) is 5.82 Å². The Morgan fingerprint density at radius 2 is 2.07 bits per heavy atom. The van der Waals surface area contributed by atoms with Crippen molar-refractivity contribution >= 4 is 11.6 Å². The molecule has 1 aromatic rings. The van der Waals surface area contributed by atoms with Gasteiger partial charge in [-0.05, 0) is 45.0 Å². The fraction of sp³-hybridized carbons (Fsp3) is 0.500. The van der Waals surface area contributed by atoms with Gasteiger partial charge in [-0.2, -0.15) is 0 Å². The summed E-state index contributed by atoms with van der Waals surface area (Å²) < 4.78 is 12.9. The molecule has 0 atom stereocenters. The van der Waals surface area contributed by atoms with Gasteiger partial charge in [0.25, 0.3) is 0 Å². The number of halogens is 2. The smallest absolute Gasteiger partial charge is 0.141 e. The molecule has 0 radical (unpaired) electrons. The molecule has 0 fully saturated rings. The Labute approximate surface area is 95.8 Å². The first-order valence-electron chi connectivity index (χ1n) is 5.15. The zero-order valence-corrected chi connectivity index (χ0v) is 10.2. The second-order valence-corrected chi connectivity index (χ2v) is 4.48. The van der Waals surface area contributed by atoms with E-state index >= 15 is 0 Å².